The van der Waals surface area contributed by atoms with Gasteiger partial charge in [0.25, 0.3) is 0 Å². The van der Waals surface area contributed by atoms with Crippen LogP contribution in [-0.2, 0) is 24.2 Å². The van der Waals surface area contributed by atoms with Gasteiger partial charge in [0, 0.05) is 25.3 Å². The second kappa shape index (κ2) is 4.07. The third kappa shape index (κ3) is 2.29. The molecule has 1 saturated carbocycles. The van der Waals surface area contributed by atoms with Crippen LogP contribution in [0.25, 0.3) is 0 Å². The number of nitrogens with zero attached hydrogens (tertiary/aromatic N) is 3. The van der Waals surface area contributed by atoms with Crippen LogP contribution in [0.2, 0.25) is 0 Å². The van der Waals surface area contributed by atoms with Gasteiger partial charge in [-0.1, -0.05) is 0 Å². The summed E-state index contributed by atoms with van der Waals surface area (Å²) in [4.78, 5) is 21.6. The zero-order valence-electron chi connectivity index (χ0n) is 9.59. The number of aliphatic carboxylic acids is 1. The number of hydrogen-bond donors (Lipinski definition) is 1. The van der Waals surface area contributed by atoms with Crippen LogP contribution < -0.4 is 0 Å². The predicted molar refractivity (Wildman–Crippen MR) is 60.5 cm³/mol. The summed E-state index contributed by atoms with van der Waals surface area (Å²) in [5, 5.41) is 8.73. The van der Waals surface area contributed by atoms with E-state index >= 15 is 0 Å². The maximum absolute atomic E-state index is 10.6. The maximum Gasteiger partial charge on any atom is 0.311 e. The quantitative estimate of drug-likeness (QED) is 0.829. The topological polar surface area (TPSA) is 66.3 Å². The highest BCUT2D eigenvalue weighted by Gasteiger charge is 2.31. The molecule has 5 nitrogen and oxygen atoms in total. The average molecular weight is 233 g/mol. The number of aromatic nitrogens is 2. The van der Waals surface area contributed by atoms with Gasteiger partial charge in [0.05, 0.1) is 5.69 Å². The van der Waals surface area contributed by atoms with E-state index in [1.54, 1.807) is 6.20 Å². The molecular weight excluding hydrogens is 218 g/mol. The molecule has 2 heterocycles. The molecule has 1 aliphatic carbocycles. The van der Waals surface area contributed by atoms with E-state index in [1.807, 2.05) is 0 Å². The molecule has 0 aromatic carbocycles. The van der Waals surface area contributed by atoms with E-state index in [2.05, 4.69) is 14.9 Å². The number of hydrogen-bond acceptors (Lipinski definition) is 4. The molecule has 90 valence electrons. The fraction of sp³-hybridized carbons (Fsp3) is 0.583. The number of carboxylic acid groups (broad SMARTS) is 1. The van der Waals surface area contributed by atoms with Crippen molar-refractivity contribution in [2.75, 3.05) is 6.54 Å². The first-order valence-corrected chi connectivity index (χ1v) is 6.02. The lowest BCUT2D eigenvalue weighted by Gasteiger charge is -2.27. The Morgan fingerprint density at radius 2 is 2.35 bits per heavy atom. The first kappa shape index (κ1) is 10.7. The fourth-order valence-corrected chi connectivity index (χ4v) is 2.34. The van der Waals surface area contributed by atoms with Crippen LogP contribution in [-0.4, -0.2) is 38.5 Å². The second-order valence-corrected chi connectivity index (χ2v) is 4.78. The third-order valence-corrected chi connectivity index (χ3v) is 3.40. The second-order valence-electron chi connectivity index (χ2n) is 4.78. The molecular formula is C12H15N3O2. The van der Waals surface area contributed by atoms with Crippen molar-refractivity contribution in [2.24, 2.45) is 0 Å². The van der Waals surface area contributed by atoms with Gasteiger partial charge in [0.2, 0.25) is 0 Å². The molecule has 0 unspecified atom stereocenters. The molecule has 0 bridgehead atoms. The van der Waals surface area contributed by atoms with Gasteiger partial charge >= 0.3 is 5.97 Å². The van der Waals surface area contributed by atoms with Crippen molar-refractivity contribution in [3.63, 3.8) is 0 Å². The highest BCUT2D eigenvalue weighted by Crippen LogP contribution is 2.30. The summed E-state index contributed by atoms with van der Waals surface area (Å²) in [6.45, 7) is 1.94. The molecule has 2 aliphatic rings. The summed E-state index contributed by atoms with van der Waals surface area (Å²) in [5.41, 5.74) is 2.20. The van der Waals surface area contributed by atoms with Gasteiger partial charge in [0.15, 0.2) is 0 Å². The molecule has 1 aromatic heterocycles. The fourth-order valence-electron chi connectivity index (χ4n) is 2.34. The van der Waals surface area contributed by atoms with E-state index in [4.69, 9.17) is 5.11 Å². The van der Waals surface area contributed by atoms with E-state index in [9.17, 15) is 4.79 Å². The molecule has 0 radical (unpaired) electrons. The zero-order chi connectivity index (χ0) is 11.8. The summed E-state index contributed by atoms with van der Waals surface area (Å²) in [7, 11) is 0. The van der Waals surface area contributed by atoms with E-state index in [-0.39, 0.29) is 6.42 Å². The first-order valence-electron chi connectivity index (χ1n) is 6.02. The predicted octanol–water partition coefficient (Wildman–Crippen LogP) is 0.624. The lowest BCUT2D eigenvalue weighted by atomic mass is 10.1. The van der Waals surface area contributed by atoms with E-state index in [0.717, 1.165) is 31.2 Å². The Hall–Kier alpha value is -1.49. The summed E-state index contributed by atoms with van der Waals surface area (Å²) in [5.74, 6) is -0.450. The average Bonchev–Trinajstić information content (AvgIpc) is 3.11. The molecule has 0 amide bonds. The van der Waals surface area contributed by atoms with Crippen LogP contribution in [0.1, 0.15) is 29.9 Å². The number of carboxylic acids is 1. The monoisotopic (exact) mass is 233 g/mol. The molecule has 0 atom stereocenters. The van der Waals surface area contributed by atoms with E-state index in [0.29, 0.717) is 5.82 Å². The normalized spacial score (nSPS) is 20.0. The lowest BCUT2D eigenvalue weighted by molar-refractivity contribution is -0.136. The van der Waals surface area contributed by atoms with Crippen molar-refractivity contribution in [3.05, 3.63) is 23.3 Å². The Bertz CT molecular complexity index is 457. The van der Waals surface area contributed by atoms with E-state index < -0.39 is 5.97 Å². The van der Waals surface area contributed by atoms with Gasteiger partial charge < -0.3 is 5.11 Å². The van der Waals surface area contributed by atoms with Gasteiger partial charge in [-0.15, -0.1) is 0 Å². The molecule has 0 spiro atoms. The van der Waals surface area contributed by atoms with E-state index in [1.165, 1.54) is 18.4 Å². The highest BCUT2D eigenvalue weighted by atomic mass is 16.4. The van der Waals surface area contributed by atoms with Crippen molar-refractivity contribution >= 4 is 5.97 Å². The standard InChI is InChI=1S/C12H15N3O2/c16-12(17)5-11-13-6-8-3-4-15(9-1-2-9)7-10(8)14-11/h6,9H,1-5,7H2,(H,16,17). The largest absolute Gasteiger partial charge is 0.481 e. The van der Waals surface area contributed by atoms with Crippen LogP contribution in [0.5, 0.6) is 0 Å². The van der Waals surface area contributed by atoms with Crippen LogP contribution in [0.4, 0.5) is 0 Å². The van der Waals surface area contributed by atoms with Gasteiger partial charge in [-0.3, -0.25) is 9.69 Å². The van der Waals surface area contributed by atoms with Crippen LogP contribution >= 0.6 is 0 Å². The lowest BCUT2D eigenvalue weighted by Crippen LogP contribution is -2.33. The Morgan fingerprint density at radius 3 is 3.06 bits per heavy atom. The molecule has 1 aliphatic heterocycles. The Kier molecular flexibility index (Phi) is 2.55. The molecule has 1 aromatic rings. The summed E-state index contributed by atoms with van der Waals surface area (Å²) >= 11 is 0. The minimum absolute atomic E-state index is 0.0866. The number of carbonyl (C=O) groups is 1. The highest BCUT2D eigenvalue weighted by molar-refractivity contribution is 5.68. The summed E-state index contributed by atoms with van der Waals surface area (Å²) < 4.78 is 0. The van der Waals surface area contributed by atoms with Crippen molar-refractivity contribution in [1.29, 1.82) is 0 Å². The minimum Gasteiger partial charge on any atom is -0.481 e. The van der Waals surface area contributed by atoms with Gasteiger partial charge in [0.1, 0.15) is 12.2 Å². The van der Waals surface area contributed by atoms with Gasteiger partial charge in [-0.25, -0.2) is 9.97 Å². The first-order chi connectivity index (χ1) is 8.22. The Morgan fingerprint density at radius 1 is 1.53 bits per heavy atom. The van der Waals surface area contributed by atoms with Crippen molar-refractivity contribution in [2.45, 2.75) is 38.3 Å². The molecule has 17 heavy (non-hydrogen) atoms. The molecule has 5 heteroatoms. The van der Waals surface area contributed by atoms with Crippen molar-refractivity contribution in [1.82, 2.24) is 14.9 Å². The Labute approximate surface area is 99.5 Å². The summed E-state index contributed by atoms with van der Waals surface area (Å²) in [6, 6.07) is 0.737. The van der Waals surface area contributed by atoms with Crippen LogP contribution in [0.15, 0.2) is 6.20 Å². The van der Waals surface area contributed by atoms with Gasteiger partial charge in [-0.2, -0.15) is 0 Å². The van der Waals surface area contributed by atoms with Gasteiger partial charge in [-0.05, 0) is 24.8 Å². The molecule has 0 saturated heterocycles. The summed E-state index contributed by atoms with van der Waals surface area (Å²) in [6.07, 6.45) is 5.28. The Balaban J connectivity index is 1.80. The number of fused-ring (bicyclic) bond motifs is 1. The minimum atomic E-state index is -0.875. The third-order valence-electron chi connectivity index (χ3n) is 3.40. The van der Waals surface area contributed by atoms with Crippen molar-refractivity contribution < 1.29 is 9.90 Å². The van der Waals surface area contributed by atoms with Crippen molar-refractivity contribution in [3.8, 4) is 0 Å². The smallest absolute Gasteiger partial charge is 0.311 e. The molecule has 1 fully saturated rings. The van der Waals surface area contributed by atoms with Crippen LogP contribution in [0, 0.1) is 0 Å². The number of rotatable bonds is 3. The molecule has 1 N–H and O–H groups in total. The van der Waals surface area contributed by atoms with Crippen LogP contribution in [0.3, 0.4) is 0 Å². The zero-order valence-corrected chi connectivity index (χ0v) is 9.59. The molecule has 3 rings (SSSR count). The maximum atomic E-state index is 10.6. The SMILES string of the molecule is O=C(O)Cc1ncc2c(n1)CN(C1CC1)CC2.